The largest absolute Gasteiger partial charge is 0.378 e. The van der Waals surface area contributed by atoms with Gasteiger partial charge in [-0.1, -0.05) is 80.6 Å². The van der Waals surface area contributed by atoms with Crippen LogP contribution in [0.25, 0.3) is 0 Å². The first kappa shape index (κ1) is 25.6. The molecule has 0 bridgehead atoms. The van der Waals surface area contributed by atoms with Crippen LogP contribution in [0, 0.1) is 5.92 Å². The van der Waals surface area contributed by atoms with E-state index in [2.05, 4.69) is 0 Å². The van der Waals surface area contributed by atoms with Gasteiger partial charge in [0.1, 0.15) is 5.85 Å². The van der Waals surface area contributed by atoms with Crippen molar-refractivity contribution in [1.29, 1.82) is 0 Å². The van der Waals surface area contributed by atoms with Crippen molar-refractivity contribution in [3.63, 3.8) is 0 Å². The minimum absolute atomic E-state index is 0.0885. The van der Waals surface area contributed by atoms with Gasteiger partial charge in [-0.15, -0.1) is 0 Å². The van der Waals surface area contributed by atoms with E-state index < -0.39 is 26.4 Å². The van der Waals surface area contributed by atoms with Gasteiger partial charge in [-0.2, -0.15) is 0 Å². The average Bonchev–Trinajstić information content (AvgIpc) is 2.84. The molecule has 3 aromatic carbocycles. The molecular weight excluding hydrogens is 454 g/mol. The van der Waals surface area contributed by atoms with Crippen LogP contribution in [-0.2, 0) is 18.2 Å². The Hall–Kier alpha value is -2.00. The molecule has 3 aromatic rings. The molecule has 4 atom stereocenters. The summed E-state index contributed by atoms with van der Waals surface area (Å²) < 4.78 is 41.1. The Kier molecular flexibility index (Phi) is 8.87. The lowest BCUT2D eigenvalue weighted by Crippen LogP contribution is -2.27. The first-order chi connectivity index (χ1) is 15.8. The molecule has 0 saturated heterocycles. The van der Waals surface area contributed by atoms with Gasteiger partial charge in [0, 0.05) is 10.6 Å². The fraction of sp³-hybridized carbons (Fsp3) is 0.308. The van der Waals surface area contributed by atoms with Gasteiger partial charge in [-0.25, -0.2) is 0 Å². The van der Waals surface area contributed by atoms with Crippen molar-refractivity contribution in [2.75, 3.05) is 6.61 Å². The summed E-state index contributed by atoms with van der Waals surface area (Å²) in [4.78, 5) is 0. The number of aliphatic hydroxyl groups is 1. The highest BCUT2D eigenvalue weighted by Crippen LogP contribution is 2.65. The summed E-state index contributed by atoms with van der Waals surface area (Å²) in [5.41, 5.74) is 0.471. The third-order valence-corrected chi connectivity index (χ3v) is 10.7. The van der Waals surface area contributed by atoms with Crippen molar-refractivity contribution in [1.82, 2.24) is 0 Å². The highest BCUT2D eigenvalue weighted by molar-refractivity contribution is 7.70. The highest BCUT2D eigenvalue weighted by Gasteiger charge is 2.46. The molecule has 0 radical (unpaired) electrons. The lowest BCUT2D eigenvalue weighted by molar-refractivity contribution is 0.179. The molecule has 0 aromatic heterocycles. The normalized spacial score (nSPS) is 17.1. The van der Waals surface area contributed by atoms with Gasteiger partial charge >= 0.3 is 0 Å². The molecule has 0 aliphatic carbocycles. The maximum atomic E-state index is 14.5. The van der Waals surface area contributed by atoms with Crippen LogP contribution < -0.4 is 10.6 Å². The zero-order valence-corrected chi connectivity index (χ0v) is 21.1. The lowest BCUT2D eigenvalue weighted by atomic mass is 10.1. The molecule has 2 unspecified atom stereocenters. The zero-order valence-electron chi connectivity index (χ0n) is 19.3. The Morgan fingerprint density at radius 1 is 0.758 bits per heavy atom. The molecule has 0 spiro atoms. The molecule has 7 heteroatoms. The van der Waals surface area contributed by atoms with Gasteiger partial charge in [-0.3, -0.25) is 9.13 Å². The smallest absolute Gasteiger partial charge is 0.264 e. The van der Waals surface area contributed by atoms with E-state index in [1.807, 2.05) is 32.0 Å². The van der Waals surface area contributed by atoms with Gasteiger partial charge in [0.05, 0.1) is 6.61 Å². The van der Waals surface area contributed by atoms with E-state index in [1.54, 1.807) is 79.7 Å². The fourth-order valence-corrected chi connectivity index (χ4v) is 9.05. The Bertz CT molecular complexity index is 1090. The monoisotopic (exact) mass is 486 g/mol. The number of hydrogen-bond donors (Lipinski definition) is 1. The highest BCUT2D eigenvalue weighted by atomic mass is 31.2. The lowest BCUT2D eigenvalue weighted by Gasteiger charge is -2.34. The van der Waals surface area contributed by atoms with E-state index in [1.165, 1.54) is 0 Å². The third-order valence-electron chi connectivity index (χ3n) is 5.30. The number of aliphatic hydroxyl groups excluding tert-OH is 1. The van der Waals surface area contributed by atoms with Crippen LogP contribution >= 0.6 is 14.7 Å². The van der Waals surface area contributed by atoms with E-state index in [-0.39, 0.29) is 12.5 Å². The van der Waals surface area contributed by atoms with Crippen LogP contribution in [0.4, 0.5) is 0 Å². The van der Waals surface area contributed by atoms with E-state index in [0.29, 0.717) is 22.6 Å². The standard InChI is InChI=1S/C26H32O5P2/c1-4-30-32(28,23-16-10-6-11-17-23)25(20-21(2)3)31-33(29,24-18-12-7-13-19-24)26(27)22-14-8-5-9-15-22/h5-19,21,25-27H,4,20H2,1-3H3/t25-,26-,32?,33?/m1/s1. The van der Waals surface area contributed by atoms with Crippen LogP contribution in [0.3, 0.4) is 0 Å². The van der Waals surface area contributed by atoms with Crippen molar-refractivity contribution in [2.24, 2.45) is 5.92 Å². The molecule has 0 saturated carbocycles. The predicted molar refractivity (Wildman–Crippen MR) is 135 cm³/mol. The van der Waals surface area contributed by atoms with E-state index in [0.717, 1.165) is 0 Å². The summed E-state index contributed by atoms with van der Waals surface area (Å²) in [5.74, 6) is -2.32. The molecule has 0 amide bonds. The van der Waals surface area contributed by atoms with Crippen molar-refractivity contribution >= 4 is 25.3 Å². The number of benzene rings is 3. The Morgan fingerprint density at radius 3 is 1.67 bits per heavy atom. The molecule has 0 aliphatic heterocycles. The van der Waals surface area contributed by atoms with Crippen LogP contribution in [0.5, 0.6) is 0 Å². The van der Waals surface area contributed by atoms with E-state index in [4.69, 9.17) is 9.05 Å². The zero-order chi connectivity index (χ0) is 23.9. The van der Waals surface area contributed by atoms with Crippen molar-refractivity contribution in [3.8, 4) is 0 Å². The van der Waals surface area contributed by atoms with Crippen LogP contribution in [0.15, 0.2) is 91.0 Å². The topological polar surface area (TPSA) is 72.8 Å². The summed E-state index contributed by atoms with van der Waals surface area (Å²) in [7, 11) is -7.52. The van der Waals surface area contributed by atoms with Crippen LogP contribution in [0.2, 0.25) is 0 Å². The van der Waals surface area contributed by atoms with Crippen molar-refractivity contribution in [3.05, 3.63) is 96.6 Å². The molecule has 0 fully saturated rings. The molecule has 3 rings (SSSR count). The molecule has 0 aliphatic rings. The number of rotatable bonds is 11. The van der Waals surface area contributed by atoms with Crippen molar-refractivity contribution < 1.29 is 23.3 Å². The van der Waals surface area contributed by atoms with E-state index >= 15 is 0 Å². The first-order valence-corrected chi connectivity index (χ1v) is 14.6. The summed E-state index contributed by atoms with van der Waals surface area (Å²) in [6, 6.07) is 26.4. The summed E-state index contributed by atoms with van der Waals surface area (Å²) >= 11 is 0. The maximum Gasteiger partial charge on any atom is 0.264 e. The minimum atomic E-state index is -3.93. The van der Waals surface area contributed by atoms with Gasteiger partial charge < -0.3 is 14.2 Å². The van der Waals surface area contributed by atoms with Gasteiger partial charge in [0.2, 0.25) is 0 Å². The fourth-order valence-electron chi connectivity index (χ4n) is 3.70. The van der Waals surface area contributed by atoms with E-state index in [9.17, 15) is 14.2 Å². The van der Waals surface area contributed by atoms with Crippen LogP contribution in [-0.4, -0.2) is 17.6 Å². The minimum Gasteiger partial charge on any atom is -0.378 e. The Balaban J connectivity index is 2.14. The summed E-state index contributed by atoms with van der Waals surface area (Å²) in [6.45, 7) is 5.95. The molecule has 0 heterocycles. The van der Waals surface area contributed by atoms with Crippen LogP contribution in [0.1, 0.15) is 38.6 Å². The molecule has 5 nitrogen and oxygen atoms in total. The SMILES string of the molecule is CCOP(=O)(c1ccccc1)[C@H](CC(C)C)OP(=O)(c1ccccc1)[C@@H](O)c1ccccc1. The maximum absolute atomic E-state index is 14.5. The molecule has 1 N–H and O–H groups in total. The Labute approximate surface area is 196 Å². The second-order valence-electron chi connectivity index (χ2n) is 8.26. The molecule has 176 valence electrons. The van der Waals surface area contributed by atoms with Gasteiger partial charge in [0.15, 0.2) is 5.85 Å². The van der Waals surface area contributed by atoms with Gasteiger partial charge in [-0.05, 0) is 49.1 Å². The molecular formula is C26H32O5P2. The number of hydrogen-bond acceptors (Lipinski definition) is 5. The quantitative estimate of drug-likeness (QED) is 0.322. The van der Waals surface area contributed by atoms with Gasteiger partial charge in [0.25, 0.3) is 14.7 Å². The molecule has 33 heavy (non-hydrogen) atoms. The average molecular weight is 486 g/mol. The second kappa shape index (κ2) is 11.4. The first-order valence-electron chi connectivity index (χ1n) is 11.2. The second-order valence-corrected chi connectivity index (χ2v) is 13.2. The van der Waals surface area contributed by atoms with Crippen molar-refractivity contribution in [2.45, 2.75) is 38.9 Å². The predicted octanol–water partition coefficient (Wildman–Crippen LogP) is 6.31. The third kappa shape index (κ3) is 5.93. The summed E-state index contributed by atoms with van der Waals surface area (Å²) in [5, 5.41) is 12.2. The summed E-state index contributed by atoms with van der Waals surface area (Å²) in [6.07, 6.45) is 0.352. The Morgan fingerprint density at radius 2 is 1.21 bits per heavy atom.